The van der Waals surface area contributed by atoms with E-state index in [0.717, 1.165) is 42.6 Å². The van der Waals surface area contributed by atoms with E-state index in [9.17, 15) is 21.6 Å². The summed E-state index contributed by atoms with van der Waals surface area (Å²) >= 11 is 0. The monoisotopic (exact) mass is 504 g/mol. The molecule has 4 nitrogen and oxygen atoms in total. The lowest BCUT2D eigenvalue weighted by molar-refractivity contribution is -0.0500. The maximum Gasteiger partial charge on any atom is 0.534 e. The highest BCUT2D eigenvalue weighted by molar-refractivity contribution is 7.88. The van der Waals surface area contributed by atoms with E-state index in [-0.39, 0.29) is 17.6 Å². The Morgan fingerprint density at radius 3 is 2.26 bits per heavy atom. The molecule has 0 aliphatic heterocycles. The first kappa shape index (κ1) is 25.1. The fourth-order valence-electron chi connectivity index (χ4n) is 4.60. The second-order valence-corrected chi connectivity index (χ2v) is 10.2. The van der Waals surface area contributed by atoms with Crippen LogP contribution >= 0.6 is 0 Å². The molecular weight excluding hydrogens is 477 g/mol. The summed E-state index contributed by atoms with van der Waals surface area (Å²) < 4.78 is 71.0. The number of halogens is 3. The van der Waals surface area contributed by atoms with Crippen LogP contribution in [0, 0.1) is 0 Å². The van der Waals surface area contributed by atoms with Gasteiger partial charge in [0.15, 0.2) is 0 Å². The molecule has 0 N–H and O–H groups in total. The Bertz CT molecular complexity index is 1240. The number of unbranched alkanes of at least 4 members (excludes halogenated alkanes) is 1. The molecule has 4 rings (SSSR count). The third kappa shape index (κ3) is 5.64. The molecule has 0 radical (unpaired) electrons. The van der Waals surface area contributed by atoms with Gasteiger partial charge in [0.25, 0.3) is 0 Å². The van der Waals surface area contributed by atoms with Crippen molar-refractivity contribution in [3.05, 3.63) is 95.1 Å². The number of aryl methyl sites for hydroxylation is 1. The number of fused-ring (bicyclic) bond motifs is 1. The first-order valence-corrected chi connectivity index (χ1v) is 13.0. The highest BCUT2D eigenvalue weighted by atomic mass is 32.2. The normalized spacial score (nSPS) is 18.1. The van der Waals surface area contributed by atoms with E-state index in [2.05, 4.69) is 35.4 Å². The summed E-state index contributed by atoms with van der Waals surface area (Å²) in [5.41, 5.74) is -1.13. The van der Waals surface area contributed by atoms with E-state index >= 15 is 0 Å². The topological polar surface area (TPSA) is 52.6 Å². The van der Waals surface area contributed by atoms with Crippen molar-refractivity contribution >= 4 is 10.1 Å². The van der Waals surface area contributed by atoms with Crippen LogP contribution in [0.4, 0.5) is 13.2 Å². The average Bonchev–Trinajstić information content (AvgIpc) is 2.83. The zero-order valence-electron chi connectivity index (χ0n) is 19.3. The fraction of sp³-hybridized carbons (Fsp3) is 0.333. The molecule has 0 spiro atoms. The largest absolute Gasteiger partial charge is 0.534 e. The van der Waals surface area contributed by atoms with Crippen LogP contribution in [0.2, 0.25) is 0 Å². The van der Waals surface area contributed by atoms with Gasteiger partial charge in [-0.2, -0.15) is 21.6 Å². The quantitative estimate of drug-likeness (QED) is 0.189. The first-order chi connectivity index (χ1) is 16.7. The Labute approximate surface area is 203 Å². The Hall–Kier alpha value is -3.00. The zero-order valence-corrected chi connectivity index (χ0v) is 20.1. The van der Waals surface area contributed by atoms with Crippen molar-refractivity contribution in [1.29, 1.82) is 0 Å². The third-order valence-corrected chi connectivity index (χ3v) is 7.28. The summed E-state index contributed by atoms with van der Waals surface area (Å²) in [4.78, 5) is 0. The lowest BCUT2D eigenvalue weighted by atomic mass is 9.69. The summed E-state index contributed by atoms with van der Waals surface area (Å²) in [6.07, 6.45) is 3.80. The molecule has 3 aromatic carbocycles. The number of hydrogen-bond donors (Lipinski definition) is 0. The fourth-order valence-corrected chi connectivity index (χ4v) is 5.06. The summed E-state index contributed by atoms with van der Waals surface area (Å²) in [5.74, 6) is 0.550. The average molecular weight is 505 g/mol. The van der Waals surface area contributed by atoms with Crippen LogP contribution in [-0.4, -0.2) is 20.5 Å². The molecule has 35 heavy (non-hydrogen) atoms. The Morgan fingerprint density at radius 1 is 0.914 bits per heavy atom. The first-order valence-electron chi connectivity index (χ1n) is 11.6. The minimum atomic E-state index is -5.72. The van der Waals surface area contributed by atoms with Gasteiger partial charge < -0.3 is 8.92 Å². The lowest BCUT2D eigenvalue weighted by Gasteiger charge is -2.35. The number of rotatable bonds is 8. The number of benzene rings is 3. The molecule has 0 amide bonds. The van der Waals surface area contributed by atoms with Gasteiger partial charge in [-0.3, -0.25) is 0 Å². The number of ether oxygens (including phenoxy) is 1. The van der Waals surface area contributed by atoms with Gasteiger partial charge in [-0.1, -0.05) is 61.9 Å². The highest BCUT2D eigenvalue weighted by Crippen LogP contribution is 2.47. The predicted octanol–water partition coefficient (Wildman–Crippen LogP) is 6.96. The molecule has 3 aromatic rings. The van der Waals surface area contributed by atoms with Crippen LogP contribution in [0.1, 0.15) is 60.3 Å². The van der Waals surface area contributed by atoms with Crippen LogP contribution in [-0.2, 0) is 16.5 Å². The highest BCUT2D eigenvalue weighted by Gasteiger charge is 2.48. The molecule has 2 atom stereocenters. The van der Waals surface area contributed by atoms with E-state index < -0.39 is 15.6 Å². The SMILES string of the molecule is CCCCOc1ccc2c(c1)CCC(c1ccccc1)C2c1ccc(OS(=O)(=O)C(F)(F)F)cc1. The van der Waals surface area contributed by atoms with Crippen molar-refractivity contribution in [2.75, 3.05) is 6.61 Å². The van der Waals surface area contributed by atoms with Gasteiger partial charge in [-0.05, 0) is 71.7 Å². The molecule has 0 saturated heterocycles. The smallest absolute Gasteiger partial charge is 0.494 e. The molecule has 186 valence electrons. The Morgan fingerprint density at radius 2 is 1.60 bits per heavy atom. The van der Waals surface area contributed by atoms with Crippen molar-refractivity contribution in [2.24, 2.45) is 0 Å². The van der Waals surface area contributed by atoms with Gasteiger partial charge in [0, 0.05) is 5.92 Å². The van der Waals surface area contributed by atoms with Crippen LogP contribution < -0.4 is 8.92 Å². The molecular formula is C27H27F3O4S. The van der Waals surface area contributed by atoms with E-state index in [0.29, 0.717) is 6.61 Å². The van der Waals surface area contributed by atoms with Gasteiger partial charge in [0.05, 0.1) is 6.61 Å². The minimum absolute atomic E-state index is 0.0564. The maximum atomic E-state index is 12.7. The predicted molar refractivity (Wildman–Crippen MR) is 128 cm³/mol. The van der Waals surface area contributed by atoms with Crippen LogP contribution in [0.15, 0.2) is 72.8 Å². The standard InChI is InChI=1S/C27H27F3O4S/c1-2-3-17-33-23-14-16-25-21(18-23)11-15-24(19-7-5-4-6-8-19)26(25)20-9-12-22(13-10-20)34-35(31,32)27(28,29)30/h4-10,12-14,16,18,24,26H,2-3,11,15,17H2,1H3. The van der Waals surface area contributed by atoms with Crippen molar-refractivity contribution in [3.63, 3.8) is 0 Å². The second kappa shape index (κ2) is 10.3. The summed E-state index contributed by atoms with van der Waals surface area (Å²) in [7, 11) is -5.72. The van der Waals surface area contributed by atoms with E-state index in [1.54, 1.807) is 12.1 Å². The van der Waals surface area contributed by atoms with Gasteiger partial charge in [0.2, 0.25) is 0 Å². The molecule has 0 aromatic heterocycles. The zero-order chi connectivity index (χ0) is 25.1. The molecule has 8 heteroatoms. The van der Waals surface area contributed by atoms with E-state index in [1.165, 1.54) is 23.3 Å². The van der Waals surface area contributed by atoms with Crippen molar-refractivity contribution in [2.45, 2.75) is 50.0 Å². The molecule has 1 aliphatic rings. The van der Waals surface area contributed by atoms with Crippen LogP contribution in [0.5, 0.6) is 11.5 Å². The van der Waals surface area contributed by atoms with E-state index in [1.807, 2.05) is 24.3 Å². The minimum Gasteiger partial charge on any atom is -0.494 e. The molecule has 0 heterocycles. The van der Waals surface area contributed by atoms with Gasteiger partial charge in [-0.25, -0.2) is 0 Å². The Balaban J connectivity index is 1.68. The molecule has 0 saturated carbocycles. The molecule has 2 unspecified atom stereocenters. The summed E-state index contributed by atoms with van der Waals surface area (Å²) in [6.45, 7) is 2.77. The molecule has 0 bridgehead atoms. The lowest BCUT2D eigenvalue weighted by Crippen LogP contribution is -2.28. The number of alkyl halides is 3. The second-order valence-electron chi connectivity index (χ2n) is 8.65. The van der Waals surface area contributed by atoms with Crippen LogP contribution in [0.3, 0.4) is 0 Å². The summed E-state index contributed by atoms with van der Waals surface area (Å²) in [6, 6.07) is 22.0. The third-order valence-electron chi connectivity index (χ3n) is 6.30. The van der Waals surface area contributed by atoms with Crippen molar-refractivity contribution in [3.8, 4) is 11.5 Å². The summed E-state index contributed by atoms with van der Waals surface area (Å²) in [5, 5.41) is 0. The van der Waals surface area contributed by atoms with Gasteiger partial charge in [-0.15, -0.1) is 0 Å². The molecule has 1 aliphatic carbocycles. The Kier molecular flexibility index (Phi) is 7.40. The van der Waals surface area contributed by atoms with Gasteiger partial charge in [0.1, 0.15) is 11.5 Å². The van der Waals surface area contributed by atoms with Crippen molar-refractivity contribution in [1.82, 2.24) is 0 Å². The van der Waals surface area contributed by atoms with E-state index in [4.69, 9.17) is 4.74 Å². The molecule has 0 fully saturated rings. The van der Waals surface area contributed by atoms with Crippen molar-refractivity contribution < 1.29 is 30.5 Å². The maximum absolute atomic E-state index is 12.7. The number of hydrogen-bond acceptors (Lipinski definition) is 4. The van der Waals surface area contributed by atoms with Gasteiger partial charge >= 0.3 is 15.6 Å². The van der Waals surface area contributed by atoms with Crippen LogP contribution in [0.25, 0.3) is 0 Å².